The van der Waals surface area contributed by atoms with E-state index in [1.54, 1.807) is 6.20 Å². The maximum absolute atomic E-state index is 11.6. The van der Waals surface area contributed by atoms with Crippen molar-refractivity contribution in [3.05, 3.63) is 65.5 Å². The molecule has 1 aromatic heterocycles. The van der Waals surface area contributed by atoms with Gasteiger partial charge in [-0.2, -0.15) is 0 Å². The SMILES string of the molecule is CC(c1cccnc1)N1Cc2ccccc2C(C(=O)O)C1. The number of hydrogen-bond donors (Lipinski definition) is 1. The summed E-state index contributed by atoms with van der Waals surface area (Å²) in [5.41, 5.74) is 3.16. The molecule has 0 radical (unpaired) electrons. The third kappa shape index (κ3) is 2.67. The van der Waals surface area contributed by atoms with Gasteiger partial charge in [-0.25, -0.2) is 0 Å². The molecule has 0 amide bonds. The molecule has 1 aliphatic rings. The van der Waals surface area contributed by atoms with Gasteiger partial charge in [0.25, 0.3) is 0 Å². The molecule has 4 nitrogen and oxygen atoms in total. The number of fused-ring (bicyclic) bond motifs is 1. The minimum Gasteiger partial charge on any atom is -0.481 e. The van der Waals surface area contributed by atoms with Crippen molar-refractivity contribution in [2.45, 2.75) is 25.4 Å². The van der Waals surface area contributed by atoms with Crippen molar-refractivity contribution in [3.8, 4) is 0 Å². The first kappa shape index (κ1) is 13.8. The largest absolute Gasteiger partial charge is 0.481 e. The van der Waals surface area contributed by atoms with Crippen molar-refractivity contribution in [1.82, 2.24) is 9.88 Å². The van der Waals surface area contributed by atoms with Crippen LogP contribution >= 0.6 is 0 Å². The van der Waals surface area contributed by atoms with Gasteiger partial charge in [-0.05, 0) is 29.7 Å². The number of rotatable bonds is 3. The van der Waals surface area contributed by atoms with Crippen LogP contribution in [0.1, 0.15) is 35.6 Å². The molecule has 3 rings (SSSR count). The van der Waals surface area contributed by atoms with Gasteiger partial charge in [0.15, 0.2) is 0 Å². The van der Waals surface area contributed by atoms with Crippen LogP contribution in [0.5, 0.6) is 0 Å². The Morgan fingerprint density at radius 3 is 2.86 bits per heavy atom. The van der Waals surface area contributed by atoms with E-state index < -0.39 is 11.9 Å². The van der Waals surface area contributed by atoms with Crippen LogP contribution in [-0.4, -0.2) is 27.5 Å². The van der Waals surface area contributed by atoms with E-state index in [-0.39, 0.29) is 6.04 Å². The lowest BCUT2D eigenvalue weighted by molar-refractivity contribution is -0.139. The molecule has 21 heavy (non-hydrogen) atoms. The summed E-state index contributed by atoms with van der Waals surface area (Å²) >= 11 is 0. The Morgan fingerprint density at radius 1 is 1.33 bits per heavy atom. The van der Waals surface area contributed by atoms with Gasteiger partial charge in [-0.1, -0.05) is 30.3 Å². The quantitative estimate of drug-likeness (QED) is 0.940. The number of carboxylic acids is 1. The Labute approximate surface area is 124 Å². The van der Waals surface area contributed by atoms with Crippen molar-refractivity contribution < 1.29 is 9.90 Å². The second-order valence-corrected chi connectivity index (χ2v) is 5.48. The fourth-order valence-electron chi connectivity index (χ4n) is 2.97. The Bertz CT molecular complexity index is 642. The lowest BCUT2D eigenvalue weighted by Gasteiger charge is -2.36. The molecule has 1 aromatic carbocycles. The van der Waals surface area contributed by atoms with Gasteiger partial charge >= 0.3 is 5.97 Å². The number of aliphatic carboxylic acids is 1. The summed E-state index contributed by atoms with van der Waals surface area (Å²) in [7, 11) is 0. The molecule has 0 spiro atoms. The van der Waals surface area contributed by atoms with Gasteiger partial charge in [0.2, 0.25) is 0 Å². The highest BCUT2D eigenvalue weighted by Gasteiger charge is 2.32. The third-order valence-corrected chi connectivity index (χ3v) is 4.23. The van der Waals surface area contributed by atoms with E-state index in [9.17, 15) is 9.90 Å². The van der Waals surface area contributed by atoms with Gasteiger partial charge in [-0.3, -0.25) is 14.7 Å². The third-order valence-electron chi connectivity index (χ3n) is 4.23. The van der Waals surface area contributed by atoms with Crippen molar-refractivity contribution in [2.24, 2.45) is 0 Å². The van der Waals surface area contributed by atoms with Gasteiger partial charge < -0.3 is 5.11 Å². The van der Waals surface area contributed by atoms with E-state index in [1.165, 1.54) is 0 Å². The average Bonchev–Trinajstić information content (AvgIpc) is 2.53. The molecule has 0 bridgehead atoms. The number of benzene rings is 1. The number of nitrogens with zero attached hydrogens (tertiary/aromatic N) is 2. The maximum Gasteiger partial charge on any atom is 0.312 e. The smallest absolute Gasteiger partial charge is 0.312 e. The van der Waals surface area contributed by atoms with Crippen LogP contribution in [0.2, 0.25) is 0 Å². The summed E-state index contributed by atoms with van der Waals surface area (Å²) in [6.07, 6.45) is 3.60. The Balaban J connectivity index is 1.91. The van der Waals surface area contributed by atoms with Crippen LogP contribution in [0.4, 0.5) is 0 Å². The zero-order valence-electron chi connectivity index (χ0n) is 11.9. The zero-order valence-corrected chi connectivity index (χ0v) is 11.9. The maximum atomic E-state index is 11.6. The highest BCUT2D eigenvalue weighted by Crippen LogP contribution is 2.33. The zero-order chi connectivity index (χ0) is 14.8. The van der Waals surface area contributed by atoms with Crippen LogP contribution in [0, 0.1) is 0 Å². The van der Waals surface area contributed by atoms with E-state index in [1.807, 2.05) is 42.6 Å². The summed E-state index contributed by atoms with van der Waals surface area (Å²) < 4.78 is 0. The van der Waals surface area contributed by atoms with Crippen molar-refractivity contribution >= 4 is 5.97 Å². The summed E-state index contributed by atoms with van der Waals surface area (Å²) in [6, 6.07) is 11.9. The minimum absolute atomic E-state index is 0.147. The molecule has 2 aromatic rings. The Morgan fingerprint density at radius 2 is 2.14 bits per heavy atom. The topological polar surface area (TPSA) is 53.4 Å². The normalized spacial score (nSPS) is 19.8. The first-order chi connectivity index (χ1) is 10.2. The van der Waals surface area contributed by atoms with E-state index in [4.69, 9.17) is 0 Å². The monoisotopic (exact) mass is 282 g/mol. The molecule has 1 N–H and O–H groups in total. The summed E-state index contributed by atoms with van der Waals surface area (Å²) in [6.45, 7) is 3.41. The molecular weight excluding hydrogens is 264 g/mol. The Kier molecular flexibility index (Phi) is 3.71. The van der Waals surface area contributed by atoms with Crippen LogP contribution in [0.3, 0.4) is 0 Å². The van der Waals surface area contributed by atoms with Gasteiger partial charge in [0.1, 0.15) is 0 Å². The summed E-state index contributed by atoms with van der Waals surface area (Å²) in [4.78, 5) is 17.9. The predicted octanol–water partition coefficient (Wildman–Crippen LogP) is 2.83. The molecular formula is C17H18N2O2. The second kappa shape index (κ2) is 5.66. The fraction of sp³-hybridized carbons (Fsp3) is 0.294. The van der Waals surface area contributed by atoms with E-state index in [0.717, 1.165) is 23.2 Å². The molecule has 108 valence electrons. The highest BCUT2D eigenvalue weighted by molar-refractivity contribution is 5.77. The molecule has 0 aliphatic carbocycles. The lowest BCUT2D eigenvalue weighted by Crippen LogP contribution is -2.38. The number of aromatic nitrogens is 1. The molecule has 0 fully saturated rings. The summed E-state index contributed by atoms with van der Waals surface area (Å²) in [5, 5.41) is 9.52. The standard InChI is InChI=1S/C17H18N2O2/c1-12(13-6-4-8-18-9-13)19-10-14-5-2-3-7-15(14)16(11-19)17(20)21/h2-9,12,16H,10-11H2,1H3,(H,20,21). The minimum atomic E-state index is -0.759. The molecule has 2 atom stereocenters. The van der Waals surface area contributed by atoms with E-state index in [0.29, 0.717) is 6.54 Å². The average molecular weight is 282 g/mol. The van der Waals surface area contributed by atoms with E-state index >= 15 is 0 Å². The van der Waals surface area contributed by atoms with Crippen LogP contribution in [0.25, 0.3) is 0 Å². The van der Waals surface area contributed by atoms with Crippen LogP contribution in [-0.2, 0) is 11.3 Å². The number of pyridine rings is 1. The molecule has 0 saturated heterocycles. The molecule has 4 heteroatoms. The van der Waals surface area contributed by atoms with Crippen molar-refractivity contribution in [2.75, 3.05) is 6.54 Å². The van der Waals surface area contributed by atoms with Gasteiger partial charge in [-0.15, -0.1) is 0 Å². The molecule has 2 heterocycles. The lowest BCUT2D eigenvalue weighted by atomic mass is 9.88. The van der Waals surface area contributed by atoms with Crippen molar-refractivity contribution in [3.63, 3.8) is 0 Å². The van der Waals surface area contributed by atoms with Crippen LogP contribution < -0.4 is 0 Å². The highest BCUT2D eigenvalue weighted by atomic mass is 16.4. The van der Waals surface area contributed by atoms with Crippen LogP contribution in [0.15, 0.2) is 48.8 Å². The fourth-order valence-corrected chi connectivity index (χ4v) is 2.97. The number of carbonyl (C=O) groups is 1. The number of carboxylic acid groups (broad SMARTS) is 1. The predicted molar refractivity (Wildman–Crippen MR) is 79.9 cm³/mol. The molecule has 0 saturated carbocycles. The molecule has 2 unspecified atom stereocenters. The first-order valence-corrected chi connectivity index (χ1v) is 7.11. The van der Waals surface area contributed by atoms with Crippen molar-refractivity contribution in [1.29, 1.82) is 0 Å². The Hall–Kier alpha value is -2.20. The van der Waals surface area contributed by atoms with Gasteiger partial charge in [0.05, 0.1) is 5.92 Å². The van der Waals surface area contributed by atoms with Gasteiger partial charge in [0, 0.05) is 31.5 Å². The second-order valence-electron chi connectivity index (χ2n) is 5.48. The van der Waals surface area contributed by atoms with E-state index in [2.05, 4.69) is 16.8 Å². The first-order valence-electron chi connectivity index (χ1n) is 7.11. The molecule has 1 aliphatic heterocycles. The summed E-state index contributed by atoms with van der Waals surface area (Å²) in [5.74, 6) is -1.22. The number of hydrogen-bond acceptors (Lipinski definition) is 3.